The zero-order chi connectivity index (χ0) is 23.0. The third-order valence-electron chi connectivity index (χ3n) is 6.09. The normalized spacial score (nSPS) is 13.1. The molecule has 2 atom stereocenters. The highest BCUT2D eigenvalue weighted by atomic mass is 19.1. The van der Waals surface area contributed by atoms with Gasteiger partial charge in [-0.3, -0.25) is 0 Å². The van der Waals surface area contributed by atoms with Gasteiger partial charge in [0.2, 0.25) is 0 Å². The van der Waals surface area contributed by atoms with E-state index in [1.165, 1.54) is 50.5 Å². The third kappa shape index (κ3) is 10.6. The van der Waals surface area contributed by atoms with Crippen LogP contribution >= 0.6 is 0 Å². The first-order valence-corrected chi connectivity index (χ1v) is 12.8. The number of benzene rings is 1. The van der Waals surface area contributed by atoms with E-state index in [1.807, 2.05) is 0 Å². The minimum atomic E-state index is -0.946. The van der Waals surface area contributed by atoms with Gasteiger partial charge in [0.1, 0.15) is 12.8 Å². The monoisotopic (exact) mass is 442 g/mol. The highest BCUT2D eigenvalue weighted by Gasteiger charge is 2.11. The van der Waals surface area contributed by atoms with Crippen LogP contribution in [-0.4, -0.2) is 22.7 Å². The van der Waals surface area contributed by atoms with Crippen LogP contribution in [0.1, 0.15) is 97.0 Å². The Labute approximate surface area is 195 Å². The second-order valence-electron chi connectivity index (χ2n) is 9.19. The van der Waals surface area contributed by atoms with Gasteiger partial charge < -0.3 is 4.74 Å². The van der Waals surface area contributed by atoms with E-state index in [0.29, 0.717) is 23.9 Å². The number of alkyl halides is 1. The zero-order valence-electron chi connectivity index (χ0n) is 20.5. The summed E-state index contributed by atoms with van der Waals surface area (Å²) in [6.07, 6.45) is 16.6. The van der Waals surface area contributed by atoms with Crippen LogP contribution in [0, 0.1) is 5.92 Å². The Morgan fingerprint density at radius 2 is 1.47 bits per heavy atom. The average molecular weight is 443 g/mol. The van der Waals surface area contributed by atoms with E-state index < -0.39 is 6.17 Å². The van der Waals surface area contributed by atoms with E-state index >= 15 is 0 Å². The number of hydrogen-bond donors (Lipinski definition) is 0. The summed E-state index contributed by atoms with van der Waals surface area (Å²) in [7, 11) is 0. The molecule has 0 saturated heterocycles. The van der Waals surface area contributed by atoms with E-state index in [-0.39, 0.29) is 6.61 Å². The number of halogens is 1. The molecule has 1 aromatic heterocycles. The van der Waals surface area contributed by atoms with E-state index in [2.05, 4.69) is 55.0 Å². The number of hydrogen-bond acceptors (Lipinski definition) is 3. The molecule has 0 saturated carbocycles. The van der Waals surface area contributed by atoms with Crippen LogP contribution in [0.5, 0.6) is 5.75 Å². The van der Waals surface area contributed by atoms with Gasteiger partial charge in [-0.05, 0) is 37.2 Å². The van der Waals surface area contributed by atoms with Gasteiger partial charge >= 0.3 is 0 Å². The summed E-state index contributed by atoms with van der Waals surface area (Å²) in [6, 6.07) is 8.52. The first-order valence-electron chi connectivity index (χ1n) is 12.8. The number of aryl methyl sites for hydroxylation is 1. The lowest BCUT2D eigenvalue weighted by atomic mass is 9.99. The lowest BCUT2D eigenvalue weighted by Gasteiger charge is -2.13. The predicted molar refractivity (Wildman–Crippen MR) is 133 cm³/mol. The SMILES string of the molecule is CCCCCCCCCc1ccc(-c2ncc(OCC(F)CCC(C)CCC)cn2)cc1. The van der Waals surface area contributed by atoms with E-state index in [1.54, 1.807) is 12.4 Å². The summed E-state index contributed by atoms with van der Waals surface area (Å²) < 4.78 is 19.6. The molecule has 4 heteroatoms. The van der Waals surface area contributed by atoms with Crippen molar-refractivity contribution in [1.29, 1.82) is 0 Å². The van der Waals surface area contributed by atoms with Gasteiger partial charge in [0.25, 0.3) is 0 Å². The molecule has 32 heavy (non-hydrogen) atoms. The van der Waals surface area contributed by atoms with Crippen LogP contribution in [0.15, 0.2) is 36.7 Å². The van der Waals surface area contributed by atoms with E-state index in [4.69, 9.17) is 4.74 Å². The molecule has 2 rings (SSSR count). The Morgan fingerprint density at radius 1 is 0.812 bits per heavy atom. The van der Waals surface area contributed by atoms with Crippen molar-refractivity contribution in [2.75, 3.05) is 6.61 Å². The van der Waals surface area contributed by atoms with Gasteiger partial charge in [-0.25, -0.2) is 14.4 Å². The summed E-state index contributed by atoms with van der Waals surface area (Å²) >= 11 is 0. The van der Waals surface area contributed by atoms with Crippen LogP contribution in [0.4, 0.5) is 4.39 Å². The summed E-state index contributed by atoms with van der Waals surface area (Å²) in [6.45, 7) is 6.68. The average Bonchev–Trinajstić information content (AvgIpc) is 2.82. The Balaban J connectivity index is 1.70. The fraction of sp³-hybridized carbons (Fsp3) is 0.643. The van der Waals surface area contributed by atoms with Crippen molar-refractivity contribution >= 4 is 0 Å². The first-order chi connectivity index (χ1) is 15.6. The lowest BCUT2D eigenvalue weighted by molar-refractivity contribution is 0.178. The van der Waals surface area contributed by atoms with E-state index in [9.17, 15) is 4.39 Å². The molecule has 0 aliphatic rings. The van der Waals surface area contributed by atoms with Gasteiger partial charge in [0, 0.05) is 5.56 Å². The minimum Gasteiger partial charge on any atom is -0.487 e. The fourth-order valence-electron chi connectivity index (χ4n) is 4.02. The Bertz CT molecular complexity index is 717. The smallest absolute Gasteiger partial charge is 0.159 e. The maximum atomic E-state index is 14.1. The topological polar surface area (TPSA) is 35.0 Å². The maximum Gasteiger partial charge on any atom is 0.159 e. The van der Waals surface area contributed by atoms with Crippen molar-refractivity contribution in [2.45, 2.75) is 104 Å². The standard InChI is InChI=1S/C28H43FN2O/c1-4-6-7-8-9-10-11-13-24-15-17-25(18-16-24)28-30-20-27(21-31-28)32-22-26(29)19-14-23(3)12-5-2/h15-18,20-21,23,26H,4-14,19,22H2,1-3H3. The number of rotatable bonds is 17. The van der Waals surface area contributed by atoms with Crippen LogP contribution < -0.4 is 4.74 Å². The summed E-state index contributed by atoms with van der Waals surface area (Å²) in [5, 5.41) is 0. The Hall–Kier alpha value is -1.97. The zero-order valence-corrected chi connectivity index (χ0v) is 20.5. The molecule has 0 N–H and O–H groups in total. The quantitative estimate of drug-likeness (QED) is 0.231. The molecule has 3 nitrogen and oxygen atoms in total. The van der Waals surface area contributed by atoms with Gasteiger partial charge in [0.05, 0.1) is 12.4 Å². The lowest BCUT2D eigenvalue weighted by Crippen LogP contribution is -2.14. The molecule has 2 unspecified atom stereocenters. The van der Waals surface area contributed by atoms with Crippen molar-refractivity contribution in [3.63, 3.8) is 0 Å². The second kappa shape index (κ2) is 15.8. The summed E-state index contributed by atoms with van der Waals surface area (Å²) in [4.78, 5) is 8.81. The van der Waals surface area contributed by atoms with Crippen LogP contribution in [-0.2, 0) is 6.42 Å². The van der Waals surface area contributed by atoms with E-state index in [0.717, 1.165) is 31.2 Å². The predicted octanol–water partition coefficient (Wildman–Crippen LogP) is 8.37. The van der Waals surface area contributed by atoms with Gasteiger partial charge in [-0.2, -0.15) is 0 Å². The van der Waals surface area contributed by atoms with Gasteiger partial charge in [-0.1, -0.05) is 96.4 Å². The molecule has 1 aromatic carbocycles. The Kier molecular flexibility index (Phi) is 13.0. The minimum absolute atomic E-state index is 0.0643. The molecule has 2 aromatic rings. The molecular formula is C28H43FN2O. The molecule has 0 aliphatic carbocycles. The maximum absolute atomic E-state index is 14.1. The fourth-order valence-corrected chi connectivity index (χ4v) is 4.02. The number of aromatic nitrogens is 2. The van der Waals surface area contributed by atoms with Crippen molar-refractivity contribution in [3.8, 4) is 17.1 Å². The third-order valence-corrected chi connectivity index (χ3v) is 6.09. The second-order valence-corrected chi connectivity index (χ2v) is 9.19. The summed E-state index contributed by atoms with van der Waals surface area (Å²) in [5.74, 6) is 1.77. The number of unbranched alkanes of at least 4 members (excludes halogenated alkanes) is 6. The Morgan fingerprint density at radius 3 is 2.12 bits per heavy atom. The number of nitrogens with zero attached hydrogens (tertiary/aromatic N) is 2. The molecule has 0 amide bonds. The van der Waals surface area contributed by atoms with Gasteiger partial charge in [-0.15, -0.1) is 0 Å². The van der Waals surface area contributed by atoms with Crippen molar-refractivity contribution in [2.24, 2.45) is 5.92 Å². The number of ether oxygens (including phenoxy) is 1. The molecule has 1 heterocycles. The van der Waals surface area contributed by atoms with Crippen molar-refractivity contribution < 1.29 is 9.13 Å². The molecule has 0 aliphatic heterocycles. The molecule has 0 bridgehead atoms. The molecule has 0 fully saturated rings. The molecular weight excluding hydrogens is 399 g/mol. The first kappa shape index (κ1) is 26.3. The van der Waals surface area contributed by atoms with Crippen LogP contribution in [0.3, 0.4) is 0 Å². The molecule has 0 radical (unpaired) electrons. The van der Waals surface area contributed by atoms with Crippen molar-refractivity contribution in [1.82, 2.24) is 9.97 Å². The van der Waals surface area contributed by atoms with Crippen molar-refractivity contribution in [3.05, 3.63) is 42.2 Å². The largest absolute Gasteiger partial charge is 0.487 e. The highest BCUT2D eigenvalue weighted by Crippen LogP contribution is 2.20. The molecule has 178 valence electrons. The van der Waals surface area contributed by atoms with Crippen LogP contribution in [0.25, 0.3) is 11.4 Å². The molecule has 0 spiro atoms. The van der Waals surface area contributed by atoms with Crippen LogP contribution in [0.2, 0.25) is 0 Å². The van der Waals surface area contributed by atoms with Gasteiger partial charge in [0.15, 0.2) is 11.6 Å². The highest BCUT2D eigenvalue weighted by molar-refractivity contribution is 5.55. The summed E-state index contributed by atoms with van der Waals surface area (Å²) in [5.41, 5.74) is 2.36.